The van der Waals surface area contributed by atoms with E-state index in [0.717, 1.165) is 21.8 Å². The van der Waals surface area contributed by atoms with Crippen molar-refractivity contribution in [2.45, 2.75) is 79.1 Å². The summed E-state index contributed by atoms with van der Waals surface area (Å²) in [5, 5.41) is 7.94. The summed E-state index contributed by atoms with van der Waals surface area (Å²) in [5.41, 5.74) is 0.0769. The summed E-state index contributed by atoms with van der Waals surface area (Å²) < 4.78 is 20.6. The highest BCUT2D eigenvalue weighted by molar-refractivity contribution is 5.88. The van der Waals surface area contributed by atoms with Gasteiger partial charge in [-0.25, -0.2) is 14.4 Å². The van der Waals surface area contributed by atoms with E-state index >= 15 is 0 Å². The van der Waals surface area contributed by atoms with Crippen LogP contribution in [0.15, 0.2) is 68.0 Å². The molecule has 0 fully saturated rings. The number of H-pyrrole nitrogens is 1. The van der Waals surface area contributed by atoms with Gasteiger partial charge in [-0.3, -0.25) is 19.9 Å². The summed E-state index contributed by atoms with van der Waals surface area (Å²) in [4.78, 5) is 44.9. The zero-order valence-electron chi connectivity index (χ0n) is 26.2. The number of pyridine rings is 2. The third-order valence-electron chi connectivity index (χ3n) is 4.38. The molecule has 0 unspecified atom stereocenters. The molecule has 0 spiro atoms. The quantitative estimate of drug-likeness (QED) is 0.0899. The standard InChI is InChI=1S/C12H14N2O2.C10H18O5.C7H6N2.C2H3N/c1-12(2,3)16-11(15)14-7-5-9-8-13-6-4-10(9)14;1-9(2,3)14-7(11)13-8(12)15-10(4,5)6;1-4-9-7-2-3-8-5-6(1)7;1-2-3/h4-8H,1-3H3;1-6H3;1-5,9H;3H,1H2. The Kier molecular flexibility index (Phi) is 13.3. The van der Waals surface area contributed by atoms with E-state index < -0.39 is 29.1 Å². The largest absolute Gasteiger partial charge is 0.519 e. The fourth-order valence-electron chi connectivity index (χ4n) is 2.95. The van der Waals surface area contributed by atoms with E-state index in [1.807, 2.05) is 51.4 Å². The van der Waals surface area contributed by atoms with Gasteiger partial charge in [-0.15, -0.1) is 0 Å². The molecule has 0 aliphatic rings. The van der Waals surface area contributed by atoms with Crippen LogP contribution in [-0.4, -0.2) is 60.6 Å². The molecule has 0 atom stereocenters. The number of hydrogen-bond acceptors (Lipinski definition) is 10. The van der Waals surface area contributed by atoms with E-state index in [-0.39, 0.29) is 6.09 Å². The first-order valence-electron chi connectivity index (χ1n) is 13.2. The van der Waals surface area contributed by atoms with E-state index in [1.54, 1.807) is 78.3 Å². The second-order valence-corrected chi connectivity index (χ2v) is 11.7. The van der Waals surface area contributed by atoms with Crippen LogP contribution < -0.4 is 0 Å². The molecule has 4 rings (SSSR count). The number of hydrogen-bond donors (Lipinski definition) is 2. The van der Waals surface area contributed by atoms with Crippen molar-refractivity contribution in [1.29, 1.82) is 5.41 Å². The number of carbonyl (C=O) groups is 3. The Hall–Kier alpha value is -4.96. The van der Waals surface area contributed by atoms with Crippen molar-refractivity contribution in [2.24, 2.45) is 0 Å². The molecule has 4 aromatic heterocycles. The molecule has 232 valence electrons. The maximum atomic E-state index is 11.9. The van der Waals surface area contributed by atoms with Gasteiger partial charge < -0.3 is 23.9 Å². The fraction of sp³-hybridized carbons (Fsp3) is 0.387. The highest BCUT2D eigenvalue weighted by Gasteiger charge is 2.24. The van der Waals surface area contributed by atoms with Crippen LogP contribution in [0, 0.1) is 5.41 Å². The van der Waals surface area contributed by atoms with Crippen molar-refractivity contribution in [3.05, 3.63) is 68.0 Å². The van der Waals surface area contributed by atoms with Gasteiger partial charge in [0.05, 0.1) is 5.52 Å². The average molecular weight is 596 g/mol. The number of aromatic amines is 1. The summed E-state index contributed by atoms with van der Waals surface area (Å²) in [6, 6.07) is 7.59. The maximum absolute atomic E-state index is 11.9. The van der Waals surface area contributed by atoms with Crippen molar-refractivity contribution in [2.75, 3.05) is 0 Å². The number of carbonyl (C=O) groups excluding carboxylic acids is 3. The zero-order valence-corrected chi connectivity index (χ0v) is 26.2. The van der Waals surface area contributed by atoms with Gasteiger partial charge >= 0.3 is 18.4 Å². The Bertz CT molecular complexity index is 1460. The van der Waals surface area contributed by atoms with E-state index in [2.05, 4.69) is 26.3 Å². The zero-order chi connectivity index (χ0) is 32.8. The first-order valence-corrected chi connectivity index (χ1v) is 13.2. The smallest absolute Gasteiger partial charge is 0.443 e. The summed E-state index contributed by atoms with van der Waals surface area (Å²) >= 11 is 0. The van der Waals surface area contributed by atoms with Crippen molar-refractivity contribution in [3.63, 3.8) is 0 Å². The van der Waals surface area contributed by atoms with Gasteiger partial charge in [-0.05, 0) is 99.0 Å². The molecule has 0 bridgehead atoms. The minimum Gasteiger partial charge on any atom is -0.443 e. The van der Waals surface area contributed by atoms with Crippen molar-refractivity contribution < 1.29 is 33.3 Å². The van der Waals surface area contributed by atoms with Gasteiger partial charge in [0, 0.05) is 53.5 Å². The van der Waals surface area contributed by atoms with Crippen LogP contribution in [-0.2, 0) is 18.9 Å². The number of aromatic nitrogens is 4. The molecule has 4 aromatic rings. The Morgan fingerprint density at radius 1 is 0.791 bits per heavy atom. The first-order chi connectivity index (χ1) is 19.8. The number of rotatable bonds is 0. The highest BCUT2D eigenvalue weighted by atomic mass is 16.8. The molecule has 0 aliphatic carbocycles. The van der Waals surface area contributed by atoms with Crippen molar-refractivity contribution in [3.8, 4) is 0 Å². The van der Waals surface area contributed by atoms with Crippen LogP contribution in [0.4, 0.5) is 14.4 Å². The normalized spacial score (nSPS) is 10.8. The second kappa shape index (κ2) is 15.9. The Balaban J connectivity index is 0.000000317. The van der Waals surface area contributed by atoms with Gasteiger partial charge in [-0.2, -0.15) is 0 Å². The lowest BCUT2D eigenvalue weighted by atomic mass is 10.2. The molecule has 0 radical (unpaired) electrons. The van der Waals surface area contributed by atoms with Gasteiger partial charge in [0.25, 0.3) is 0 Å². The van der Waals surface area contributed by atoms with Crippen molar-refractivity contribution in [1.82, 2.24) is 19.5 Å². The monoisotopic (exact) mass is 595 g/mol. The third-order valence-corrected chi connectivity index (χ3v) is 4.38. The predicted molar refractivity (Wildman–Crippen MR) is 164 cm³/mol. The molecule has 43 heavy (non-hydrogen) atoms. The summed E-state index contributed by atoms with van der Waals surface area (Å²) in [5.74, 6) is 1.75. The minimum absolute atomic E-state index is 0.367. The molecule has 4 heterocycles. The predicted octanol–water partition coefficient (Wildman–Crippen LogP) is 7.68. The SMILES string of the molecule is C=C=N.CC(C)(C)OC(=O)OC(=O)OC(C)(C)C.CC(C)(C)OC(=O)n1ccc2cnccc21.c1cc2[nH]ccc2cn1. The van der Waals surface area contributed by atoms with Gasteiger partial charge in [0.15, 0.2) is 0 Å². The summed E-state index contributed by atoms with van der Waals surface area (Å²) in [6.07, 6.45) is 8.11. The van der Waals surface area contributed by atoms with Crippen LogP contribution in [0.2, 0.25) is 0 Å². The Morgan fingerprint density at radius 2 is 1.28 bits per heavy atom. The summed E-state index contributed by atoms with van der Waals surface area (Å²) in [6.45, 7) is 18.5. The minimum atomic E-state index is -1.06. The molecule has 0 aliphatic heterocycles. The fourth-order valence-corrected chi connectivity index (χ4v) is 2.95. The Morgan fingerprint density at radius 3 is 1.77 bits per heavy atom. The number of fused-ring (bicyclic) bond motifs is 2. The Labute approximate surface area is 251 Å². The van der Waals surface area contributed by atoms with E-state index in [9.17, 15) is 14.4 Å². The number of nitrogens with one attached hydrogen (secondary N) is 2. The lowest BCUT2D eigenvalue weighted by molar-refractivity contribution is -0.0294. The van der Waals surface area contributed by atoms with Gasteiger partial charge in [0.1, 0.15) is 16.8 Å². The van der Waals surface area contributed by atoms with E-state index in [1.165, 1.54) is 4.57 Å². The average Bonchev–Trinajstić information content (AvgIpc) is 3.49. The molecular weight excluding hydrogens is 554 g/mol. The molecule has 2 N–H and O–H groups in total. The lowest BCUT2D eigenvalue weighted by Gasteiger charge is -2.20. The number of ether oxygens (including phenoxy) is 4. The van der Waals surface area contributed by atoms with Gasteiger partial charge in [0.2, 0.25) is 0 Å². The highest BCUT2D eigenvalue weighted by Crippen LogP contribution is 2.17. The van der Waals surface area contributed by atoms with Crippen LogP contribution in [0.25, 0.3) is 21.8 Å². The molecule has 12 nitrogen and oxygen atoms in total. The molecule has 0 amide bonds. The van der Waals surface area contributed by atoms with Crippen LogP contribution >= 0.6 is 0 Å². The van der Waals surface area contributed by atoms with Crippen LogP contribution in [0.3, 0.4) is 0 Å². The van der Waals surface area contributed by atoms with Crippen LogP contribution in [0.5, 0.6) is 0 Å². The summed E-state index contributed by atoms with van der Waals surface area (Å²) in [7, 11) is 0. The molecule has 0 saturated heterocycles. The third kappa shape index (κ3) is 15.0. The maximum Gasteiger partial charge on any atom is 0.519 e. The van der Waals surface area contributed by atoms with Crippen LogP contribution in [0.1, 0.15) is 62.3 Å². The second-order valence-electron chi connectivity index (χ2n) is 11.7. The topological polar surface area (TPSA) is 158 Å². The van der Waals surface area contributed by atoms with E-state index in [0.29, 0.717) is 0 Å². The number of nitrogens with zero attached hydrogens (tertiary/aromatic N) is 3. The molecular formula is C31H41N5O7. The molecule has 0 aromatic carbocycles. The molecule has 0 saturated carbocycles. The van der Waals surface area contributed by atoms with Gasteiger partial charge in [-0.1, -0.05) is 0 Å². The molecule has 12 heteroatoms. The first kappa shape index (κ1) is 36.1. The van der Waals surface area contributed by atoms with E-state index in [4.69, 9.17) is 19.6 Å². The van der Waals surface area contributed by atoms with Crippen molar-refractivity contribution >= 4 is 46.1 Å². The lowest BCUT2D eigenvalue weighted by Crippen LogP contribution is -2.29.